The lowest BCUT2D eigenvalue weighted by atomic mass is 10.2. The van der Waals surface area contributed by atoms with E-state index in [0.717, 1.165) is 6.42 Å². The van der Waals surface area contributed by atoms with Crippen LogP contribution in [0.15, 0.2) is 12.4 Å². The molecule has 1 unspecified atom stereocenters. The van der Waals surface area contributed by atoms with Crippen LogP contribution in [-0.2, 0) is 6.42 Å². The molecule has 0 fully saturated rings. The van der Waals surface area contributed by atoms with Gasteiger partial charge < -0.3 is 0 Å². The SMILES string of the molecule is CCC(Cl)Cc1ncc([N+](=O)[O-])cn1. The minimum atomic E-state index is -0.526. The Balaban J connectivity index is 2.68. The van der Waals surface area contributed by atoms with Crippen LogP contribution in [0.2, 0.25) is 0 Å². The molecule has 14 heavy (non-hydrogen) atoms. The normalized spacial score (nSPS) is 12.4. The summed E-state index contributed by atoms with van der Waals surface area (Å²) >= 11 is 5.89. The van der Waals surface area contributed by atoms with Gasteiger partial charge in [0.1, 0.15) is 18.2 Å². The van der Waals surface area contributed by atoms with Crippen LogP contribution in [0.25, 0.3) is 0 Å². The van der Waals surface area contributed by atoms with Crippen molar-refractivity contribution in [1.82, 2.24) is 9.97 Å². The van der Waals surface area contributed by atoms with Crippen molar-refractivity contribution in [2.24, 2.45) is 0 Å². The van der Waals surface area contributed by atoms with Crippen molar-refractivity contribution in [3.63, 3.8) is 0 Å². The van der Waals surface area contributed by atoms with Crippen molar-refractivity contribution >= 4 is 17.3 Å². The van der Waals surface area contributed by atoms with E-state index in [-0.39, 0.29) is 11.1 Å². The van der Waals surface area contributed by atoms with Crippen molar-refractivity contribution in [2.75, 3.05) is 0 Å². The molecule has 0 aliphatic rings. The zero-order valence-corrected chi connectivity index (χ0v) is 8.44. The fraction of sp³-hybridized carbons (Fsp3) is 0.500. The maximum absolute atomic E-state index is 10.3. The van der Waals surface area contributed by atoms with Crippen LogP contribution >= 0.6 is 11.6 Å². The predicted molar refractivity (Wildman–Crippen MR) is 52.3 cm³/mol. The third-order valence-corrected chi connectivity index (χ3v) is 2.21. The lowest BCUT2D eigenvalue weighted by Crippen LogP contribution is -2.05. The predicted octanol–water partition coefficient (Wildman–Crippen LogP) is 1.94. The summed E-state index contributed by atoms with van der Waals surface area (Å²) in [4.78, 5) is 17.5. The highest BCUT2D eigenvalue weighted by atomic mass is 35.5. The maximum Gasteiger partial charge on any atom is 0.305 e. The van der Waals surface area contributed by atoms with Gasteiger partial charge in [0.25, 0.3) is 0 Å². The maximum atomic E-state index is 10.3. The summed E-state index contributed by atoms with van der Waals surface area (Å²) in [6, 6.07) is 0. The largest absolute Gasteiger partial charge is 0.305 e. The van der Waals surface area contributed by atoms with Crippen LogP contribution in [0.1, 0.15) is 19.2 Å². The first-order chi connectivity index (χ1) is 6.63. The van der Waals surface area contributed by atoms with Crippen LogP contribution in [0.5, 0.6) is 0 Å². The smallest absolute Gasteiger partial charge is 0.258 e. The minimum absolute atomic E-state index is 0.0172. The lowest BCUT2D eigenvalue weighted by Gasteiger charge is -2.03. The molecule has 0 aromatic carbocycles. The van der Waals surface area contributed by atoms with Crippen LogP contribution in [0.3, 0.4) is 0 Å². The molecule has 0 spiro atoms. The molecule has 1 aromatic rings. The van der Waals surface area contributed by atoms with E-state index >= 15 is 0 Å². The summed E-state index contributed by atoms with van der Waals surface area (Å²) in [5.41, 5.74) is -0.101. The molecule has 1 atom stereocenters. The quantitative estimate of drug-likeness (QED) is 0.437. The summed E-state index contributed by atoms with van der Waals surface area (Å²) in [7, 11) is 0. The fourth-order valence-electron chi connectivity index (χ4n) is 0.890. The zero-order valence-electron chi connectivity index (χ0n) is 7.68. The van der Waals surface area contributed by atoms with Gasteiger partial charge in [-0.05, 0) is 6.42 Å². The summed E-state index contributed by atoms with van der Waals surface area (Å²) in [6.07, 6.45) is 3.75. The molecule has 0 N–H and O–H groups in total. The van der Waals surface area contributed by atoms with Gasteiger partial charge in [-0.15, -0.1) is 11.6 Å². The number of rotatable bonds is 4. The van der Waals surface area contributed by atoms with E-state index < -0.39 is 4.92 Å². The van der Waals surface area contributed by atoms with Crippen molar-refractivity contribution in [3.05, 3.63) is 28.3 Å². The molecule has 76 valence electrons. The van der Waals surface area contributed by atoms with E-state index in [1.165, 1.54) is 12.4 Å². The van der Waals surface area contributed by atoms with Crippen molar-refractivity contribution < 1.29 is 4.92 Å². The third-order valence-electron chi connectivity index (χ3n) is 1.75. The Morgan fingerprint density at radius 2 is 2.14 bits per heavy atom. The molecule has 0 bridgehead atoms. The Hall–Kier alpha value is -1.23. The van der Waals surface area contributed by atoms with Gasteiger partial charge in [0, 0.05) is 11.8 Å². The second kappa shape index (κ2) is 4.85. The molecule has 5 nitrogen and oxygen atoms in total. The Morgan fingerprint density at radius 1 is 1.57 bits per heavy atom. The molecule has 1 heterocycles. The summed E-state index contributed by atoms with van der Waals surface area (Å²) in [5, 5.41) is 10.3. The zero-order chi connectivity index (χ0) is 10.6. The van der Waals surface area contributed by atoms with Crippen LogP contribution in [0.4, 0.5) is 5.69 Å². The van der Waals surface area contributed by atoms with Gasteiger partial charge in [0.05, 0.1) is 4.92 Å². The van der Waals surface area contributed by atoms with Crippen molar-refractivity contribution in [3.8, 4) is 0 Å². The van der Waals surface area contributed by atoms with E-state index in [4.69, 9.17) is 11.6 Å². The van der Waals surface area contributed by atoms with E-state index in [9.17, 15) is 10.1 Å². The van der Waals surface area contributed by atoms with Crippen LogP contribution < -0.4 is 0 Å². The lowest BCUT2D eigenvalue weighted by molar-refractivity contribution is -0.385. The van der Waals surface area contributed by atoms with Gasteiger partial charge in [-0.3, -0.25) is 10.1 Å². The molecule has 1 aromatic heterocycles. The number of nitro groups is 1. The Bertz CT molecular complexity index is 315. The summed E-state index contributed by atoms with van der Waals surface area (Å²) < 4.78 is 0. The van der Waals surface area contributed by atoms with E-state index in [1.807, 2.05) is 6.92 Å². The first kappa shape index (κ1) is 10.8. The third kappa shape index (κ3) is 2.92. The van der Waals surface area contributed by atoms with Gasteiger partial charge in [0.15, 0.2) is 0 Å². The molecule has 0 amide bonds. The molecular formula is C8H10ClN3O2. The van der Waals surface area contributed by atoms with Gasteiger partial charge >= 0.3 is 5.69 Å². The average molecular weight is 216 g/mol. The number of alkyl halides is 1. The molecule has 0 radical (unpaired) electrons. The standard InChI is InChI=1S/C8H10ClN3O2/c1-2-6(9)3-8-10-4-7(5-11-8)12(13)14/h4-6H,2-3H2,1H3. The molecule has 0 saturated heterocycles. The number of hydrogen-bond donors (Lipinski definition) is 0. The number of hydrogen-bond acceptors (Lipinski definition) is 4. The molecule has 0 aliphatic heterocycles. The molecule has 1 rings (SSSR count). The van der Waals surface area contributed by atoms with E-state index in [2.05, 4.69) is 9.97 Å². The second-order valence-electron chi connectivity index (χ2n) is 2.82. The summed E-state index contributed by atoms with van der Waals surface area (Å²) in [6.45, 7) is 1.96. The van der Waals surface area contributed by atoms with Gasteiger partial charge in [0.2, 0.25) is 0 Å². The molecule has 6 heteroatoms. The minimum Gasteiger partial charge on any atom is -0.258 e. The Labute approximate surface area is 86.3 Å². The van der Waals surface area contributed by atoms with E-state index in [1.54, 1.807) is 0 Å². The van der Waals surface area contributed by atoms with Crippen LogP contribution in [0, 0.1) is 10.1 Å². The molecular weight excluding hydrogens is 206 g/mol. The first-order valence-corrected chi connectivity index (χ1v) is 4.66. The van der Waals surface area contributed by atoms with Crippen molar-refractivity contribution in [1.29, 1.82) is 0 Å². The molecule has 0 saturated carbocycles. The number of halogens is 1. The summed E-state index contributed by atoms with van der Waals surface area (Å²) in [5.74, 6) is 0.539. The van der Waals surface area contributed by atoms with Gasteiger partial charge in [-0.1, -0.05) is 6.92 Å². The fourth-order valence-corrected chi connectivity index (χ4v) is 1.03. The van der Waals surface area contributed by atoms with Gasteiger partial charge in [-0.25, -0.2) is 9.97 Å². The van der Waals surface area contributed by atoms with Crippen LogP contribution in [-0.4, -0.2) is 20.3 Å². The highest BCUT2D eigenvalue weighted by Gasteiger charge is 2.09. The van der Waals surface area contributed by atoms with Crippen molar-refractivity contribution in [2.45, 2.75) is 25.1 Å². The number of aromatic nitrogens is 2. The monoisotopic (exact) mass is 215 g/mol. The number of nitrogens with zero attached hydrogens (tertiary/aromatic N) is 3. The first-order valence-electron chi connectivity index (χ1n) is 4.23. The average Bonchev–Trinajstić information content (AvgIpc) is 2.18. The highest BCUT2D eigenvalue weighted by molar-refractivity contribution is 6.20. The topological polar surface area (TPSA) is 68.9 Å². The molecule has 0 aliphatic carbocycles. The van der Waals surface area contributed by atoms with E-state index in [0.29, 0.717) is 12.2 Å². The Kier molecular flexibility index (Phi) is 3.76. The Morgan fingerprint density at radius 3 is 2.57 bits per heavy atom. The second-order valence-corrected chi connectivity index (χ2v) is 3.44. The highest BCUT2D eigenvalue weighted by Crippen LogP contribution is 2.10. The van der Waals surface area contributed by atoms with Gasteiger partial charge in [-0.2, -0.15) is 0 Å².